The Labute approximate surface area is 280 Å². The van der Waals surface area contributed by atoms with Gasteiger partial charge in [-0.15, -0.1) is 0 Å². The standard InChI is InChI=1S/C38H44F2N4O4/c1-4-13-43(14-5-2)36(46)28-20-27(35-42-12-15-48-35)21-29(22-28)37(47)44(38(10-11-38)30-9-7-8-25(6-3)16-30)24-34(45)33(41)19-26-17-31(39)23-32(40)18-26/h7-9,12,15-18,20-23,33-34,45H,4-6,10-11,13-14,19,24,41H2,1-3H3/t33-,34+/m0/s1. The van der Waals surface area contributed by atoms with Crippen LogP contribution in [0.1, 0.15) is 83.9 Å². The molecular weight excluding hydrogens is 614 g/mol. The number of aliphatic hydroxyl groups is 1. The number of amides is 2. The maximum atomic E-state index is 14.8. The fourth-order valence-electron chi connectivity index (χ4n) is 6.38. The van der Waals surface area contributed by atoms with Gasteiger partial charge in [0.15, 0.2) is 0 Å². The van der Waals surface area contributed by atoms with Crippen LogP contribution in [0, 0.1) is 11.6 Å². The number of aryl methyl sites for hydroxylation is 1. The summed E-state index contributed by atoms with van der Waals surface area (Å²) in [7, 11) is 0. The molecule has 1 aliphatic carbocycles. The smallest absolute Gasteiger partial charge is 0.254 e. The number of hydrogen-bond donors (Lipinski definition) is 2. The summed E-state index contributed by atoms with van der Waals surface area (Å²) >= 11 is 0. The Morgan fingerprint density at radius 1 is 0.938 bits per heavy atom. The molecule has 3 N–H and O–H groups in total. The van der Waals surface area contributed by atoms with Crippen molar-refractivity contribution < 1.29 is 27.9 Å². The lowest BCUT2D eigenvalue weighted by molar-refractivity contribution is 0.0409. The van der Waals surface area contributed by atoms with Crippen LogP contribution < -0.4 is 5.73 Å². The van der Waals surface area contributed by atoms with Gasteiger partial charge in [-0.1, -0.05) is 45.0 Å². The van der Waals surface area contributed by atoms with Gasteiger partial charge in [0, 0.05) is 48.4 Å². The van der Waals surface area contributed by atoms with Crippen molar-refractivity contribution in [2.45, 2.75) is 77.0 Å². The van der Waals surface area contributed by atoms with Crippen LogP contribution in [0.15, 0.2) is 77.5 Å². The number of aromatic nitrogens is 1. The number of benzene rings is 3. The Morgan fingerprint density at radius 3 is 2.19 bits per heavy atom. The van der Waals surface area contributed by atoms with Crippen LogP contribution in [-0.2, 0) is 18.4 Å². The summed E-state index contributed by atoms with van der Waals surface area (Å²) in [5.74, 6) is -1.79. The molecule has 2 amide bonds. The highest BCUT2D eigenvalue weighted by atomic mass is 19.1. The fraction of sp³-hybridized carbons (Fsp3) is 0.395. The third-order valence-electron chi connectivity index (χ3n) is 9.00. The van der Waals surface area contributed by atoms with E-state index in [9.17, 15) is 23.5 Å². The van der Waals surface area contributed by atoms with Gasteiger partial charge in [-0.25, -0.2) is 13.8 Å². The molecule has 1 heterocycles. The second-order valence-electron chi connectivity index (χ2n) is 12.6. The van der Waals surface area contributed by atoms with Gasteiger partial charge in [0.1, 0.15) is 17.9 Å². The summed E-state index contributed by atoms with van der Waals surface area (Å²) in [6.07, 6.45) is 5.40. The summed E-state index contributed by atoms with van der Waals surface area (Å²) in [4.78, 5) is 36.3. The van der Waals surface area contributed by atoms with Gasteiger partial charge in [-0.05, 0) is 85.5 Å². The molecule has 3 aromatic carbocycles. The third-order valence-corrected chi connectivity index (χ3v) is 9.00. The van der Waals surface area contributed by atoms with Crippen molar-refractivity contribution in [1.29, 1.82) is 0 Å². The van der Waals surface area contributed by atoms with Crippen molar-refractivity contribution in [3.05, 3.63) is 113 Å². The van der Waals surface area contributed by atoms with E-state index in [0.717, 1.165) is 36.5 Å². The number of oxazole rings is 1. The first-order chi connectivity index (χ1) is 23.1. The third kappa shape index (κ3) is 7.82. The average molecular weight is 659 g/mol. The molecule has 1 saturated carbocycles. The minimum absolute atomic E-state index is 0.000807. The summed E-state index contributed by atoms with van der Waals surface area (Å²) in [6.45, 7) is 7.08. The van der Waals surface area contributed by atoms with Crippen molar-refractivity contribution in [2.24, 2.45) is 5.73 Å². The summed E-state index contributed by atoms with van der Waals surface area (Å²) in [5, 5.41) is 11.5. The van der Waals surface area contributed by atoms with E-state index in [-0.39, 0.29) is 30.3 Å². The minimum Gasteiger partial charge on any atom is -0.445 e. The number of nitrogens with two attached hydrogens (primary N) is 1. The Balaban J connectivity index is 1.55. The van der Waals surface area contributed by atoms with E-state index in [1.165, 1.54) is 24.6 Å². The van der Waals surface area contributed by atoms with Gasteiger partial charge in [0.05, 0.1) is 17.8 Å². The molecule has 1 aromatic heterocycles. The topological polar surface area (TPSA) is 113 Å². The molecule has 5 rings (SSSR count). The largest absolute Gasteiger partial charge is 0.445 e. The number of nitrogens with zero attached hydrogens (tertiary/aromatic N) is 3. The molecule has 0 spiro atoms. The highest BCUT2D eigenvalue weighted by Crippen LogP contribution is 2.52. The summed E-state index contributed by atoms with van der Waals surface area (Å²) in [6, 6.07) is 15.2. The van der Waals surface area contributed by atoms with Crippen molar-refractivity contribution >= 4 is 11.8 Å². The molecule has 2 atom stereocenters. The van der Waals surface area contributed by atoms with E-state index in [4.69, 9.17) is 10.2 Å². The highest BCUT2D eigenvalue weighted by Gasteiger charge is 2.52. The van der Waals surface area contributed by atoms with Crippen molar-refractivity contribution in [3.8, 4) is 11.5 Å². The van der Waals surface area contributed by atoms with Gasteiger partial charge >= 0.3 is 0 Å². The molecule has 0 saturated heterocycles. The highest BCUT2D eigenvalue weighted by molar-refractivity contribution is 6.01. The normalized spacial score (nSPS) is 14.7. The van der Waals surface area contributed by atoms with E-state index in [0.29, 0.717) is 42.6 Å². The van der Waals surface area contributed by atoms with Gasteiger partial charge in [-0.3, -0.25) is 9.59 Å². The molecule has 10 heteroatoms. The number of aliphatic hydroxyl groups excluding tert-OH is 1. The van der Waals surface area contributed by atoms with Crippen LogP contribution in [0.25, 0.3) is 11.5 Å². The van der Waals surface area contributed by atoms with Crippen molar-refractivity contribution in [2.75, 3.05) is 19.6 Å². The zero-order chi connectivity index (χ0) is 34.4. The van der Waals surface area contributed by atoms with Crippen molar-refractivity contribution in [1.82, 2.24) is 14.8 Å². The molecule has 0 aliphatic heterocycles. The lowest BCUT2D eigenvalue weighted by Gasteiger charge is -2.36. The Bertz CT molecular complexity index is 1700. The molecule has 48 heavy (non-hydrogen) atoms. The van der Waals surface area contributed by atoms with Crippen LogP contribution in [-0.4, -0.2) is 63.5 Å². The van der Waals surface area contributed by atoms with E-state index in [2.05, 4.69) is 18.0 Å². The van der Waals surface area contributed by atoms with Crippen LogP contribution in [0.4, 0.5) is 8.78 Å². The minimum atomic E-state index is -1.23. The quantitative estimate of drug-likeness (QED) is 0.151. The number of hydrogen-bond acceptors (Lipinski definition) is 6. The first kappa shape index (κ1) is 34.9. The van der Waals surface area contributed by atoms with Crippen LogP contribution in [0.5, 0.6) is 0 Å². The number of carbonyl (C=O) groups is 2. The predicted octanol–water partition coefficient (Wildman–Crippen LogP) is 6.51. The second kappa shape index (κ2) is 15.2. The maximum Gasteiger partial charge on any atom is 0.254 e. The van der Waals surface area contributed by atoms with E-state index < -0.39 is 35.2 Å². The van der Waals surface area contributed by atoms with Crippen LogP contribution >= 0.6 is 0 Å². The number of halogens is 2. The first-order valence-corrected chi connectivity index (χ1v) is 16.7. The molecule has 8 nitrogen and oxygen atoms in total. The average Bonchev–Trinajstić information content (AvgIpc) is 3.69. The lowest BCUT2D eigenvalue weighted by atomic mass is 9.95. The lowest BCUT2D eigenvalue weighted by Crippen LogP contribution is -2.50. The Hall–Kier alpha value is -4.41. The number of rotatable bonds is 15. The van der Waals surface area contributed by atoms with E-state index in [1.807, 2.05) is 32.0 Å². The molecule has 1 aliphatic rings. The zero-order valence-electron chi connectivity index (χ0n) is 27.8. The second-order valence-corrected chi connectivity index (χ2v) is 12.6. The predicted molar refractivity (Wildman–Crippen MR) is 180 cm³/mol. The van der Waals surface area contributed by atoms with Crippen molar-refractivity contribution in [3.63, 3.8) is 0 Å². The molecule has 0 unspecified atom stereocenters. The molecule has 1 fully saturated rings. The summed E-state index contributed by atoms with van der Waals surface area (Å²) in [5.41, 5.74) is 9.12. The first-order valence-electron chi connectivity index (χ1n) is 16.7. The van der Waals surface area contributed by atoms with E-state index >= 15 is 0 Å². The molecular formula is C38H44F2N4O4. The van der Waals surface area contributed by atoms with Gasteiger partial charge < -0.3 is 25.1 Å². The summed E-state index contributed by atoms with van der Waals surface area (Å²) < 4.78 is 33.4. The van der Waals surface area contributed by atoms with Gasteiger partial charge in [0.2, 0.25) is 5.89 Å². The molecule has 0 radical (unpaired) electrons. The SMILES string of the molecule is CCCN(CCC)C(=O)c1cc(C(=O)N(C[C@@H](O)[C@@H](N)Cc2cc(F)cc(F)c2)C2(c3cccc(CC)c3)CC2)cc(-c2ncco2)c1. The molecule has 254 valence electrons. The fourth-order valence-corrected chi connectivity index (χ4v) is 6.38. The van der Waals surface area contributed by atoms with Crippen LogP contribution in [0.2, 0.25) is 0 Å². The number of carbonyl (C=O) groups excluding carboxylic acids is 2. The Morgan fingerprint density at radius 2 is 1.60 bits per heavy atom. The van der Waals surface area contributed by atoms with Crippen LogP contribution in [0.3, 0.4) is 0 Å². The Kier molecular flexibility index (Phi) is 11.1. The monoisotopic (exact) mass is 658 g/mol. The van der Waals surface area contributed by atoms with Gasteiger partial charge in [-0.2, -0.15) is 0 Å². The molecule has 0 bridgehead atoms. The van der Waals surface area contributed by atoms with Gasteiger partial charge in [0.25, 0.3) is 11.8 Å². The van der Waals surface area contributed by atoms with E-state index in [1.54, 1.807) is 28.0 Å². The maximum absolute atomic E-state index is 14.8. The zero-order valence-corrected chi connectivity index (χ0v) is 27.8. The molecule has 4 aromatic rings.